The van der Waals surface area contributed by atoms with Gasteiger partial charge in [-0.2, -0.15) is 0 Å². The minimum Gasteiger partial charge on any atom is -0.494 e. The molecule has 0 aliphatic rings. The summed E-state index contributed by atoms with van der Waals surface area (Å²) in [5, 5.41) is 1.15. The van der Waals surface area contributed by atoms with E-state index in [0.29, 0.717) is 34.3 Å². The van der Waals surface area contributed by atoms with Crippen molar-refractivity contribution in [1.82, 2.24) is 4.57 Å². The van der Waals surface area contributed by atoms with Crippen LogP contribution in [0.1, 0.15) is 27.8 Å². The van der Waals surface area contributed by atoms with Crippen molar-refractivity contribution < 1.29 is 19.1 Å². The highest BCUT2D eigenvalue weighted by atomic mass is 16.5. The molecule has 1 aromatic heterocycles. The van der Waals surface area contributed by atoms with Crippen molar-refractivity contribution in [3.8, 4) is 16.9 Å². The summed E-state index contributed by atoms with van der Waals surface area (Å²) in [5.41, 5.74) is 1.56. The van der Waals surface area contributed by atoms with E-state index in [1.165, 1.54) is 11.6 Å². The molecule has 0 saturated heterocycles. The molecule has 3 aromatic carbocycles. The monoisotopic (exact) mass is 441 g/mol. The van der Waals surface area contributed by atoms with Gasteiger partial charge in [0.2, 0.25) is 0 Å². The van der Waals surface area contributed by atoms with E-state index in [-0.39, 0.29) is 17.0 Å². The number of ether oxygens (including phenoxy) is 2. The molecule has 6 heteroatoms. The lowest BCUT2D eigenvalue weighted by Crippen LogP contribution is -2.27. The number of hydrogen-bond donors (Lipinski definition) is 0. The number of carbonyl (C=O) groups excluding carboxylic acids is 2. The van der Waals surface area contributed by atoms with Crippen LogP contribution in [0, 0.1) is 0 Å². The molecule has 4 rings (SSSR count). The summed E-state index contributed by atoms with van der Waals surface area (Å²) >= 11 is 0. The van der Waals surface area contributed by atoms with Crippen molar-refractivity contribution in [2.75, 3.05) is 13.2 Å². The Morgan fingerprint density at radius 1 is 0.848 bits per heavy atom. The van der Waals surface area contributed by atoms with Gasteiger partial charge < -0.3 is 14.0 Å². The maximum atomic E-state index is 13.2. The number of Topliss-reactive ketones (excluding diaryl/α,β-unsaturated/α-hetero) is 1. The van der Waals surface area contributed by atoms with Crippen LogP contribution in [0.5, 0.6) is 5.75 Å². The molecule has 0 saturated carbocycles. The van der Waals surface area contributed by atoms with E-state index in [9.17, 15) is 14.4 Å². The van der Waals surface area contributed by atoms with Crippen molar-refractivity contribution in [3.05, 3.63) is 100 Å². The van der Waals surface area contributed by atoms with Gasteiger partial charge in [-0.15, -0.1) is 0 Å². The number of pyridine rings is 1. The number of nitrogens with zero attached hydrogens (tertiary/aromatic N) is 1. The number of benzene rings is 3. The first-order valence-corrected chi connectivity index (χ1v) is 10.6. The van der Waals surface area contributed by atoms with Gasteiger partial charge in [-0.1, -0.05) is 48.5 Å². The number of aromatic nitrogens is 1. The van der Waals surface area contributed by atoms with Gasteiger partial charge in [0, 0.05) is 23.6 Å². The van der Waals surface area contributed by atoms with E-state index >= 15 is 0 Å². The lowest BCUT2D eigenvalue weighted by Gasteiger charge is -2.16. The van der Waals surface area contributed by atoms with E-state index in [2.05, 4.69) is 0 Å². The van der Waals surface area contributed by atoms with Gasteiger partial charge in [-0.25, -0.2) is 4.79 Å². The zero-order chi connectivity index (χ0) is 23.4. The summed E-state index contributed by atoms with van der Waals surface area (Å²) in [7, 11) is 1.53. The average molecular weight is 441 g/mol. The zero-order valence-electron chi connectivity index (χ0n) is 18.4. The quantitative estimate of drug-likeness (QED) is 0.308. The molecular weight excluding hydrogens is 418 g/mol. The second kappa shape index (κ2) is 9.53. The summed E-state index contributed by atoms with van der Waals surface area (Å²) in [5.74, 6) is -0.429. The Morgan fingerprint density at radius 3 is 2.15 bits per heavy atom. The van der Waals surface area contributed by atoms with E-state index in [0.717, 1.165) is 5.56 Å². The Morgan fingerprint density at radius 2 is 1.48 bits per heavy atom. The molecule has 0 unspecified atom stereocenters. The molecule has 6 nitrogen and oxygen atoms in total. The van der Waals surface area contributed by atoms with Crippen LogP contribution in [0.2, 0.25) is 0 Å². The predicted octanol–water partition coefficient (Wildman–Crippen LogP) is 4.64. The molecular formula is C27H23NO5. The van der Waals surface area contributed by atoms with Crippen molar-refractivity contribution in [2.45, 2.75) is 6.92 Å². The molecule has 0 atom stereocenters. The van der Waals surface area contributed by atoms with Crippen molar-refractivity contribution >= 4 is 22.5 Å². The maximum Gasteiger partial charge on any atom is 0.356 e. The third kappa shape index (κ3) is 4.41. The molecule has 0 radical (unpaired) electrons. The fraction of sp³-hybridized carbons (Fsp3) is 0.148. The molecule has 0 bridgehead atoms. The standard InChI is InChI=1S/C27H23NO5/c1-3-32-20-15-13-18(14-16-20)23(29)17-33-27(31)25-24(19-9-5-4-6-10-19)21-11-7-8-12-22(21)26(30)28(25)2/h4-16H,3,17H2,1-2H3. The zero-order valence-corrected chi connectivity index (χ0v) is 18.4. The lowest BCUT2D eigenvalue weighted by atomic mass is 9.97. The van der Waals surface area contributed by atoms with Crippen LogP contribution < -0.4 is 10.3 Å². The number of carbonyl (C=O) groups is 2. The molecule has 0 amide bonds. The highest BCUT2D eigenvalue weighted by Gasteiger charge is 2.23. The van der Waals surface area contributed by atoms with E-state index in [1.807, 2.05) is 43.3 Å². The summed E-state index contributed by atoms with van der Waals surface area (Å²) in [6.45, 7) is 1.96. The molecule has 0 aliphatic carbocycles. The maximum absolute atomic E-state index is 13.2. The number of ketones is 1. The van der Waals surface area contributed by atoms with Crippen LogP contribution in [0.4, 0.5) is 0 Å². The first kappa shape index (κ1) is 22.0. The molecule has 166 valence electrons. The molecule has 0 spiro atoms. The minimum atomic E-state index is -0.738. The smallest absolute Gasteiger partial charge is 0.356 e. The molecule has 0 fully saturated rings. The normalized spacial score (nSPS) is 10.7. The Hall–Kier alpha value is -4.19. The third-order valence-electron chi connectivity index (χ3n) is 5.38. The molecule has 4 aromatic rings. The summed E-state index contributed by atoms with van der Waals surface area (Å²) in [6, 6.07) is 23.1. The van der Waals surface area contributed by atoms with E-state index in [4.69, 9.17) is 9.47 Å². The van der Waals surface area contributed by atoms with Crippen molar-refractivity contribution in [2.24, 2.45) is 7.05 Å². The number of esters is 1. The average Bonchev–Trinajstić information content (AvgIpc) is 2.85. The Kier molecular flexibility index (Phi) is 6.36. The SMILES string of the molecule is CCOc1ccc(C(=O)COC(=O)c2c(-c3ccccc3)c3ccccc3c(=O)n2C)cc1. The second-order valence-electron chi connectivity index (χ2n) is 7.46. The molecule has 0 aliphatic heterocycles. The number of hydrogen-bond acceptors (Lipinski definition) is 5. The van der Waals surface area contributed by atoms with Gasteiger partial charge >= 0.3 is 5.97 Å². The number of fused-ring (bicyclic) bond motifs is 1. The highest BCUT2D eigenvalue weighted by Crippen LogP contribution is 2.30. The van der Waals surface area contributed by atoms with Crippen LogP contribution in [-0.2, 0) is 11.8 Å². The van der Waals surface area contributed by atoms with Crippen LogP contribution in [0.25, 0.3) is 21.9 Å². The Bertz CT molecular complexity index is 1370. The van der Waals surface area contributed by atoms with Gasteiger partial charge in [-0.3, -0.25) is 9.59 Å². The largest absolute Gasteiger partial charge is 0.494 e. The van der Waals surface area contributed by atoms with Crippen molar-refractivity contribution in [3.63, 3.8) is 0 Å². The lowest BCUT2D eigenvalue weighted by molar-refractivity contribution is 0.0465. The second-order valence-corrected chi connectivity index (χ2v) is 7.46. The third-order valence-corrected chi connectivity index (χ3v) is 5.38. The summed E-state index contributed by atoms with van der Waals surface area (Å²) < 4.78 is 12.1. The van der Waals surface area contributed by atoms with Crippen molar-refractivity contribution in [1.29, 1.82) is 0 Å². The van der Waals surface area contributed by atoms with E-state index < -0.39 is 12.6 Å². The first-order chi connectivity index (χ1) is 16.0. The van der Waals surface area contributed by atoms with Crippen LogP contribution in [-0.4, -0.2) is 29.5 Å². The number of rotatable bonds is 7. The highest BCUT2D eigenvalue weighted by molar-refractivity contribution is 6.07. The predicted molar refractivity (Wildman–Crippen MR) is 127 cm³/mol. The minimum absolute atomic E-state index is 0.101. The van der Waals surface area contributed by atoms with Gasteiger partial charge in [0.25, 0.3) is 5.56 Å². The van der Waals surface area contributed by atoms with E-state index in [1.54, 1.807) is 42.5 Å². The van der Waals surface area contributed by atoms with Crippen LogP contribution >= 0.6 is 0 Å². The topological polar surface area (TPSA) is 74.6 Å². The Labute approximate surface area is 191 Å². The fourth-order valence-electron chi connectivity index (χ4n) is 3.79. The van der Waals surface area contributed by atoms with Gasteiger partial charge in [0.15, 0.2) is 12.4 Å². The van der Waals surface area contributed by atoms with Gasteiger partial charge in [0.05, 0.1) is 6.61 Å². The summed E-state index contributed by atoms with van der Waals surface area (Å²) in [4.78, 5) is 38.7. The van der Waals surface area contributed by atoms with Gasteiger partial charge in [-0.05, 0) is 48.2 Å². The molecule has 0 N–H and O–H groups in total. The van der Waals surface area contributed by atoms with Crippen LogP contribution in [0.3, 0.4) is 0 Å². The van der Waals surface area contributed by atoms with Gasteiger partial charge in [0.1, 0.15) is 11.4 Å². The fourth-order valence-corrected chi connectivity index (χ4v) is 3.79. The molecule has 1 heterocycles. The first-order valence-electron chi connectivity index (χ1n) is 10.6. The molecule has 33 heavy (non-hydrogen) atoms. The Balaban J connectivity index is 1.69. The summed E-state index contributed by atoms with van der Waals surface area (Å²) in [6.07, 6.45) is 0. The van der Waals surface area contributed by atoms with Crippen LogP contribution in [0.15, 0.2) is 83.7 Å².